The fraction of sp³-hybridized carbons (Fsp3) is 0.235. The van der Waals surface area contributed by atoms with Crippen LogP contribution in [0.25, 0.3) is 20.7 Å². The van der Waals surface area contributed by atoms with Crippen molar-refractivity contribution in [1.29, 1.82) is 0 Å². The zero-order chi connectivity index (χ0) is 32.1. The average molecular weight is 628 g/mol. The van der Waals surface area contributed by atoms with Gasteiger partial charge in [-0.2, -0.15) is 0 Å². The lowest BCUT2D eigenvalue weighted by molar-refractivity contribution is -0.384. The van der Waals surface area contributed by atoms with Crippen LogP contribution in [0, 0.1) is 10.1 Å². The molecule has 2 heterocycles. The van der Waals surface area contributed by atoms with Gasteiger partial charge in [0.05, 0.1) is 37.7 Å². The Balaban J connectivity index is 1.69. The van der Waals surface area contributed by atoms with Crippen molar-refractivity contribution < 1.29 is 23.9 Å². The molecule has 3 aromatic carbocycles. The molecule has 0 radical (unpaired) electrons. The van der Waals surface area contributed by atoms with Crippen LogP contribution in [0.3, 0.4) is 0 Å². The summed E-state index contributed by atoms with van der Waals surface area (Å²) >= 11 is 1.48. The Hall–Kier alpha value is -5.00. The highest BCUT2D eigenvalue weighted by Crippen LogP contribution is 2.39. The third-order valence-corrected chi connectivity index (χ3v) is 8.73. The Kier molecular flexibility index (Phi) is 9.60. The molecule has 0 aliphatic rings. The molecule has 10 nitrogen and oxygen atoms in total. The summed E-state index contributed by atoms with van der Waals surface area (Å²) in [7, 11) is 5.13. The van der Waals surface area contributed by atoms with Crippen LogP contribution in [0.15, 0.2) is 83.8 Å². The molecule has 0 atom stereocenters. The summed E-state index contributed by atoms with van der Waals surface area (Å²) in [4.78, 5) is 41.6. The zero-order valence-electron chi connectivity index (χ0n) is 25.4. The number of nitro groups is 1. The zero-order valence-corrected chi connectivity index (χ0v) is 26.3. The fourth-order valence-electron chi connectivity index (χ4n) is 5.27. The highest BCUT2D eigenvalue weighted by Gasteiger charge is 2.25. The van der Waals surface area contributed by atoms with Gasteiger partial charge in [-0.3, -0.25) is 19.8 Å². The first kappa shape index (κ1) is 31.4. The van der Waals surface area contributed by atoms with Crippen LogP contribution in [0.2, 0.25) is 0 Å². The summed E-state index contributed by atoms with van der Waals surface area (Å²) in [6, 6.07) is 21.7. The van der Waals surface area contributed by atoms with Crippen LogP contribution in [-0.4, -0.2) is 48.2 Å². The van der Waals surface area contributed by atoms with Gasteiger partial charge in [0, 0.05) is 41.9 Å². The lowest BCUT2D eigenvalue weighted by Gasteiger charge is -2.18. The van der Waals surface area contributed by atoms with E-state index >= 15 is 0 Å². The van der Waals surface area contributed by atoms with Crippen LogP contribution >= 0.6 is 11.3 Å². The van der Waals surface area contributed by atoms with E-state index in [4.69, 9.17) is 14.2 Å². The Labute approximate surface area is 264 Å². The van der Waals surface area contributed by atoms with Crippen LogP contribution in [0.4, 0.5) is 5.69 Å². The number of carbonyl (C=O) groups is 1. The summed E-state index contributed by atoms with van der Waals surface area (Å²) in [6.45, 7) is 3.04. The fourth-order valence-corrected chi connectivity index (χ4v) is 6.56. The second-order valence-corrected chi connectivity index (χ2v) is 11.4. The quantitative estimate of drug-likeness (QED) is 0.0874. The van der Waals surface area contributed by atoms with Gasteiger partial charge in [-0.25, -0.2) is 4.79 Å². The highest BCUT2D eigenvalue weighted by atomic mass is 32.1. The summed E-state index contributed by atoms with van der Waals surface area (Å²) in [5, 5.41) is 11.6. The number of pyridine rings is 1. The number of benzene rings is 3. The maximum Gasteiger partial charge on any atom is 0.343 e. The summed E-state index contributed by atoms with van der Waals surface area (Å²) in [6.07, 6.45) is 1.58. The van der Waals surface area contributed by atoms with E-state index in [9.17, 15) is 19.7 Å². The predicted octanol–water partition coefficient (Wildman–Crippen LogP) is 6.51. The molecule has 0 amide bonds. The molecule has 0 aliphatic carbocycles. The minimum absolute atomic E-state index is 0.0223. The van der Waals surface area contributed by atoms with E-state index in [2.05, 4.69) is 0 Å². The molecule has 0 fully saturated rings. The molecule has 5 rings (SSSR count). The molecule has 0 unspecified atom stereocenters. The second kappa shape index (κ2) is 13.7. The molecule has 0 saturated carbocycles. The van der Waals surface area contributed by atoms with Gasteiger partial charge in [0.1, 0.15) is 21.9 Å². The Morgan fingerprint density at radius 3 is 2.33 bits per heavy atom. The van der Waals surface area contributed by atoms with Crippen molar-refractivity contribution in [3.63, 3.8) is 0 Å². The van der Waals surface area contributed by atoms with Gasteiger partial charge in [-0.05, 0) is 61.0 Å². The SMILES string of the molecule is CCOC(=O)c1cn(Cc2ccccc2OC)c2sc(-c3ccc(OC)cc3)c(CN(C)Cc3ccc([N+](=O)[O-])cc3)c2c1=O. The number of para-hydroxylation sites is 1. The predicted molar refractivity (Wildman–Crippen MR) is 174 cm³/mol. The molecule has 5 aromatic rings. The van der Waals surface area contributed by atoms with Crippen LogP contribution in [0.1, 0.15) is 34.0 Å². The largest absolute Gasteiger partial charge is 0.497 e. The van der Waals surface area contributed by atoms with Crippen molar-refractivity contribution in [2.24, 2.45) is 0 Å². The van der Waals surface area contributed by atoms with E-state index < -0.39 is 16.3 Å². The minimum atomic E-state index is -0.680. The molecule has 2 aromatic heterocycles. The first-order valence-corrected chi connectivity index (χ1v) is 15.1. The summed E-state index contributed by atoms with van der Waals surface area (Å²) < 4.78 is 18.2. The molecular weight excluding hydrogens is 594 g/mol. The lowest BCUT2D eigenvalue weighted by atomic mass is 10.0. The molecular formula is C34H33N3O7S. The molecule has 0 saturated heterocycles. The van der Waals surface area contributed by atoms with Crippen molar-refractivity contribution in [2.75, 3.05) is 27.9 Å². The number of carbonyl (C=O) groups excluding carboxylic acids is 1. The van der Waals surface area contributed by atoms with Gasteiger partial charge in [0.25, 0.3) is 5.69 Å². The number of esters is 1. The maximum atomic E-state index is 14.1. The molecule has 0 spiro atoms. The first-order chi connectivity index (χ1) is 21.7. The van der Waals surface area contributed by atoms with Gasteiger partial charge in [0.2, 0.25) is 5.43 Å². The maximum absolute atomic E-state index is 14.1. The Morgan fingerprint density at radius 1 is 0.978 bits per heavy atom. The van der Waals surface area contributed by atoms with Crippen LogP contribution < -0.4 is 14.9 Å². The number of ether oxygens (including phenoxy) is 3. The Morgan fingerprint density at radius 2 is 1.69 bits per heavy atom. The second-order valence-electron chi connectivity index (χ2n) is 10.4. The third kappa shape index (κ3) is 6.74. The molecule has 0 aliphatic heterocycles. The van der Waals surface area contributed by atoms with Crippen molar-refractivity contribution in [3.8, 4) is 21.9 Å². The van der Waals surface area contributed by atoms with Gasteiger partial charge >= 0.3 is 5.97 Å². The molecule has 0 bridgehead atoms. The highest BCUT2D eigenvalue weighted by molar-refractivity contribution is 7.22. The van der Waals surface area contributed by atoms with Crippen molar-refractivity contribution in [3.05, 3.63) is 122 Å². The van der Waals surface area contributed by atoms with Crippen molar-refractivity contribution >= 4 is 33.2 Å². The smallest absolute Gasteiger partial charge is 0.343 e. The molecule has 0 N–H and O–H groups in total. The van der Waals surface area contributed by atoms with E-state index in [1.54, 1.807) is 39.5 Å². The van der Waals surface area contributed by atoms with Crippen molar-refractivity contribution in [1.82, 2.24) is 9.47 Å². The van der Waals surface area contributed by atoms with Crippen molar-refractivity contribution in [2.45, 2.75) is 26.6 Å². The van der Waals surface area contributed by atoms with E-state index in [0.717, 1.165) is 27.1 Å². The van der Waals surface area contributed by atoms with E-state index in [0.29, 0.717) is 41.3 Å². The first-order valence-electron chi connectivity index (χ1n) is 14.3. The molecule has 11 heteroatoms. The minimum Gasteiger partial charge on any atom is -0.497 e. The Bertz CT molecular complexity index is 1900. The van der Waals surface area contributed by atoms with Crippen LogP contribution in [0.5, 0.6) is 11.5 Å². The normalized spacial score (nSPS) is 11.1. The number of rotatable bonds is 12. The summed E-state index contributed by atoms with van der Waals surface area (Å²) in [5.74, 6) is 0.717. The number of fused-ring (bicyclic) bond motifs is 1. The lowest BCUT2D eigenvalue weighted by Crippen LogP contribution is -2.23. The average Bonchev–Trinajstić information content (AvgIpc) is 3.42. The number of hydrogen-bond acceptors (Lipinski definition) is 9. The number of methoxy groups -OCH3 is 2. The number of aromatic nitrogens is 1. The summed E-state index contributed by atoms with van der Waals surface area (Å²) in [5.41, 5.74) is 3.03. The van der Waals surface area contributed by atoms with E-state index in [1.807, 2.05) is 65.0 Å². The molecule has 232 valence electrons. The van der Waals surface area contributed by atoms with Gasteiger partial charge < -0.3 is 18.8 Å². The number of nitrogens with zero attached hydrogens (tertiary/aromatic N) is 3. The van der Waals surface area contributed by atoms with E-state index in [1.165, 1.54) is 23.5 Å². The number of hydrogen-bond donors (Lipinski definition) is 0. The number of non-ortho nitro benzene ring substituents is 1. The topological polar surface area (TPSA) is 113 Å². The number of thiophene rings is 1. The monoisotopic (exact) mass is 627 g/mol. The standard InChI is InChI=1S/C34H33N3O7S/c1-5-44-34(39)28-21-36(19-24-8-6-7-9-29(24)43-4)33-30(31(28)38)27(32(45-33)23-12-16-26(42-3)17-13-23)20-35(2)18-22-10-14-25(15-11-22)37(40)41/h6-17,21H,5,18-20H2,1-4H3. The molecule has 45 heavy (non-hydrogen) atoms. The van der Waals surface area contributed by atoms with Crippen LogP contribution in [-0.2, 0) is 24.4 Å². The van der Waals surface area contributed by atoms with Gasteiger partial charge in [-0.15, -0.1) is 11.3 Å². The third-order valence-electron chi connectivity index (χ3n) is 7.41. The van der Waals surface area contributed by atoms with Gasteiger partial charge in [-0.1, -0.05) is 30.3 Å². The number of nitro benzene ring substituents is 1. The van der Waals surface area contributed by atoms with E-state index in [-0.39, 0.29) is 17.9 Å². The van der Waals surface area contributed by atoms with Gasteiger partial charge in [0.15, 0.2) is 0 Å².